The monoisotopic (exact) mass is 440 g/mol. The number of primary sulfonamides is 1. The third-order valence-electron chi connectivity index (χ3n) is 4.87. The number of hydrogen-bond acceptors (Lipinski definition) is 7. The topological polar surface area (TPSA) is 114 Å². The molecule has 4 aromatic rings. The van der Waals surface area contributed by atoms with Crippen LogP contribution in [-0.2, 0) is 10.0 Å². The maximum absolute atomic E-state index is 11.8. The first-order valence-electron chi connectivity index (χ1n) is 9.18. The summed E-state index contributed by atoms with van der Waals surface area (Å²) in [7, 11) is 0.739. The lowest BCUT2D eigenvalue weighted by atomic mass is 10.0. The van der Waals surface area contributed by atoms with Crippen molar-refractivity contribution in [3.05, 3.63) is 54.7 Å². The minimum atomic E-state index is -3.90. The molecule has 0 spiro atoms. The number of furan rings is 1. The molecular formula is C22H20N2O6S. The van der Waals surface area contributed by atoms with E-state index in [1.807, 2.05) is 18.2 Å². The lowest BCUT2D eigenvalue weighted by Crippen LogP contribution is -2.12. The standard InChI is InChI=1S/C22H20N2O6S/c1-27-17-8-7-13(31(23,25)26)11-15(17)20-12-16-22(30-20)14(9-10-24-16)21-18(28-2)5-4-6-19(21)29-3/h4-12H,1-3H3,(H2,23,25,26). The molecule has 0 unspecified atom stereocenters. The van der Waals surface area contributed by atoms with Crippen molar-refractivity contribution in [2.75, 3.05) is 21.3 Å². The molecule has 0 saturated heterocycles. The highest BCUT2D eigenvalue weighted by Crippen LogP contribution is 2.43. The van der Waals surface area contributed by atoms with Crippen molar-refractivity contribution in [1.29, 1.82) is 0 Å². The summed E-state index contributed by atoms with van der Waals surface area (Å²) in [5, 5.41) is 5.30. The van der Waals surface area contributed by atoms with Gasteiger partial charge in [0, 0.05) is 17.8 Å². The van der Waals surface area contributed by atoms with Gasteiger partial charge >= 0.3 is 0 Å². The molecule has 0 radical (unpaired) electrons. The van der Waals surface area contributed by atoms with Gasteiger partial charge in [-0.15, -0.1) is 0 Å². The molecule has 31 heavy (non-hydrogen) atoms. The predicted molar refractivity (Wildman–Crippen MR) is 116 cm³/mol. The summed E-state index contributed by atoms with van der Waals surface area (Å²) in [6.45, 7) is 0. The van der Waals surface area contributed by atoms with Gasteiger partial charge in [0.2, 0.25) is 10.0 Å². The number of methoxy groups -OCH3 is 3. The fraction of sp³-hybridized carbons (Fsp3) is 0.136. The van der Waals surface area contributed by atoms with Crippen LogP contribution in [0.4, 0.5) is 0 Å². The molecule has 0 bridgehead atoms. The van der Waals surface area contributed by atoms with Gasteiger partial charge in [-0.3, -0.25) is 4.98 Å². The molecule has 0 amide bonds. The summed E-state index contributed by atoms with van der Waals surface area (Å²) in [5.74, 6) is 2.03. The van der Waals surface area contributed by atoms with Crippen LogP contribution < -0.4 is 19.3 Å². The van der Waals surface area contributed by atoms with E-state index in [9.17, 15) is 8.42 Å². The number of hydrogen-bond donors (Lipinski definition) is 1. The van der Waals surface area contributed by atoms with Gasteiger partial charge in [-0.25, -0.2) is 13.6 Å². The summed E-state index contributed by atoms with van der Waals surface area (Å²) >= 11 is 0. The molecule has 160 valence electrons. The molecule has 2 heterocycles. The molecule has 0 aliphatic rings. The van der Waals surface area contributed by atoms with Crippen LogP contribution in [0, 0.1) is 0 Å². The van der Waals surface area contributed by atoms with Gasteiger partial charge in [0.05, 0.1) is 37.4 Å². The lowest BCUT2D eigenvalue weighted by molar-refractivity contribution is 0.397. The Morgan fingerprint density at radius 1 is 0.871 bits per heavy atom. The van der Waals surface area contributed by atoms with Gasteiger partial charge in [0.25, 0.3) is 0 Å². The van der Waals surface area contributed by atoms with Gasteiger partial charge in [0.1, 0.15) is 28.5 Å². The summed E-state index contributed by atoms with van der Waals surface area (Å²) < 4.78 is 46.3. The Labute approximate surface area is 179 Å². The largest absolute Gasteiger partial charge is 0.496 e. The molecule has 8 nitrogen and oxygen atoms in total. The second-order valence-corrected chi connectivity index (χ2v) is 8.19. The highest BCUT2D eigenvalue weighted by atomic mass is 32.2. The van der Waals surface area contributed by atoms with Crippen molar-refractivity contribution in [2.24, 2.45) is 5.14 Å². The fourth-order valence-electron chi connectivity index (χ4n) is 3.44. The summed E-state index contributed by atoms with van der Waals surface area (Å²) in [6.07, 6.45) is 1.65. The van der Waals surface area contributed by atoms with Crippen LogP contribution in [0.2, 0.25) is 0 Å². The number of benzene rings is 2. The van der Waals surface area contributed by atoms with Crippen molar-refractivity contribution in [3.63, 3.8) is 0 Å². The smallest absolute Gasteiger partial charge is 0.238 e. The van der Waals surface area contributed by atoms with Crippen molar-refractivity contribution in [1.82, 2.24) is 4.98 Å². The van der Waals surface area contributed by atoms with Crippen LogP contribution in [-0.4, -0.2) is 34.7 Å². The molecule has 0 aliphatic carbocycles. The van der Waals surface area contributed by atoms with E-state index in [1.54, 1.807) is 32.5 Å². The first-order chi connectivity index (χ1) is 14.9. The Morgan fingerprint density at radius 2 is 1.55 bits per heavy atom. The van der Waals surface area contributed by atoms with Crippen LogP contribution in [0.25, 0.3) is 33.6 Å². The van der Waals surface area contributed by atoms with Crippen LogP contribution >= 0.6 is 0 Å². The highest BCUT2D eigenvalue weighted by molar-refractivity contribution is 7.89. The van der Waals surface area contributed by atoms with E-state index in [1.165, 1.54) is 25.3 Å². The summed E-state index contributed by atoms with van der Waals surface area (Å²) in [4.78, 5) is 4.34. The number of ether oxygens (including phenoxy) is 3. The Kier molecular flexibility index (Phi) is 5.30. The van der Waals surface area contributed by atoms with E-state index in [2.05, 4.69) is 4.98 Å². The minimum Gasteiger partial charge on any atom is -0.496 e. The third kappa shape index (κ3) is 3.69. The maximum Gasteiger partial charge on any atom is 0.238 e. The van der Waals surface area contributed by atoms with E-state index in [0.717, 1.165) is 0 Å². The van der Waals surface area contributed by atoms with E-state index in [-0.39, 0.29) is 4.90 Å². The summed E-state index contributed by atoms with van der Waals surface area (Å²) in [5.41, 5.74) is 2.93. The maximum atomic E-state index is 11.8. The number of rotatable bonds is 6. The number of nitrogens with zero attached hydrogens (tertiary/aromatic N) is 1. The molecule has 0 atom stereocenters. The van der Waals surface area contributed by atoms with Crippen molar-refractivity contribution in [3.8, 4) is 39.7 Å². The summed E-state index contributed by atoms with van der Waals surface area (Å²) in [6, 6.07) is 13.3. The van der Waals surface area contributed by atoms with E-state index in [0.29, 0.717) is 50.8 Å². The number of sulfonamides is 1. The second-order valence-electron chi connectivity index (χ2n) is 6.63. The molecule has 2 aromatic carbocycles. The fourth-order valence-corrected chi connectivity index (χ4v) is 3.98. The molecule has 2 N–H and O–H groups in total. The van der Waals surface area contributed by atoms with Crippen LogP contribution in [0.15, 0.2) is 64.0 Å². The Balaban J connectivity index is 1.98. The molecule has 9 heteroatoms. The van der Waals surface area contributed by atoms with Crippen LogP contribution in [0.5, 0.6) is 17.2 Å². The molecule has 2 aromatic heterocycles. The molecule has 0 saturated carbocycles. The zero-order valence-corrected chi connectivity index (χ0v) is 17.9. The quantitative estimate of drug-likeness (QED) is 0.484. The van der Waals surface area contributed by atoms with Gasteiger partial charge in [0.15, 0.2) is 5.58 Å². The van der Waals surface area contributed by atoms with E-state index >= 15 is 0 Å². The van der Waals surface area contributed by atoms with Crippen LogP contribution in [0.1, 0.15) is 0 Å². The minimum absolute atomic E-state index is 0.0525. The zero-order valence-electron chi connectivity index (χ0n) is 17.1. The van der Waals surface area contributed by atoms with Gasteiger partial charge in [-0.05, 0) is 36.4 Å². The van der Waals surface area contributed by atoms with E-state index in [4.69, 9.17) is 23.8 Å². The average Bonchev–Trinajstić information content (AvgIpc) is 3.21. The second kappa shape index (κ2) is 7.93. The molecular weight excluding hydrogens is 420 g/mol. The molecule has 0 fully saturated rings. The molecule has 4 rings (SSSR count). The van der Waals surface area contributed by atoms with Crippen LogP contribution in [0.3, 0.4) is 0 Å². The zero-order chi connectivity index (χ0) is 22.2. The Bertz CT molecular complexity index is 1360. The predicted octanol–water partition coefficient (Wildman–Crippen LogP) is 3.84. The molecule has 0 aliphatic heterocycles. The SMILES string of the molecule is COc1ccc(S(N)(=O)=O)cc1-c1cc2nccc(-c3c(OC)cccc3OC)c2o1. The Hall–Kier alpha value is -3.56. The number of fused-ring (bicyclic) bond motifs is 1. The highest BCUT2D eigenvalue weighted by Gasteiger charge is 2.21. The normalized spacial score (nSPS) is 11.5. The van der Waals surface area contributed by atoms with Gasteiger partial charge in [-0.2, -0.15) is 0 Å². The van der Waals surface area contributed by atoms with Crippen molar-refractivity contribution in [2.45, 2.75) is 4.90 Å². The number of aromatic nitrogens is 1. The van der Waals surface area contributed by atoms with Crippen molar-refractivity contribution >= 4 is 21.1 Å². The first-order valence-corrected chi connectivity index (χ1v) is 10.7. The number of pyridine rings is 1. The average molecular weight is 440 g/mol. The van der Waals surface area contributed by atoms with Gasteiger partial charge < -0.3 is 18.6 Å². The first kappa shape index (κ1) is 20.7. The van der Waals surface area contributed by atoms with Crippen molar-refractivity contribution < 1.29 is 27.0 Å². The Morgan fingerprint density at radius 3 is 2.16 bits per heavy atom. The number of nitrogens with two attached hydrogens (primary N) is 1. The third-order valence-corrected chi connectivity index (χ3v) is 5.79. The van der Waals surface area contributed by atoms with Gasteiger partial charge in [-0.1, -0.05) is 6.07 Å². The lowest BCUT2D eigenvalue weighted by Gasteiger charge is -2.13. The van der Waals surface area contributed by atoms with E-state index < -0.39 is 10.0 Å².